The topological polar surface area (TPSA) is 155 Å². The zero-order valence-corrected chi connectivity index (χ0v) is 22.3. The minimum Gasteiger partial charge on any atom is -0.410 e. The van der Waals surface area contributed by atoms with Gasteiger partial charge in [-0.15, -0.1) is 34.4 Å². The molecular weight excluding hydrogens is 558 g/mol. The number of anilines is 1. The SMILES string of the molecule is Cc1nc(-c2ccc[n+](CC3=C(C(=O)Cl)N4C(=O)[C@@H](NC(=O)C(=NO)c5csc(N)n5)[C@@H]4SC3)c2)cs1. The summed E-state index contributed by atoms with van der Waals surface area (Å²) in [7, 11) is 0. The van der Waals surface area contributed by atoms with E-state index in [1.165, 1.54) is 22.0 Å². The number of nitrogen functional groups attached to an aromatic ring is 1. The number of fused-ring (bicyclic) bond motifs is 1. The standard InChI is InChI=1S/C22H18ClN7O4S3/c1-10-25-13(8-35-10)11-3-2-4-29(5-11)6-12-7-36-21-16(20(33)30(21)17(12)18(23)31)27-19(32)15(28-34)14-9-37-22(24)26-14/h2-5,8-9,16,21H,6-7H2,1H3,(H3-,24,26,27,32,34)/p+1/t16-,21+/m1/s1. The van der Waals surface area contributed by atoms with Gasteiger partial charge >= 0.3 is 0 Å². The van der Waals surface area contributed by atoms with E-state index in [0.29, 0.717) is 17.9 Å². The molecule has 0 saturated carbocycles. The van der Waals surface area contributed by atoms with Crippen LogP contribution in [0, 0.1) is 6.92 Å². The molecule has 2 atom stereocenters. The Hall–Kier alpha value is -3.33. The van der Waals surface area contributed by atoms with Crippen molar-refractivity contribution >= 4 is 73.9 Å². The lowest BCUT2D eigenvalue weighted by Crippen LogP contribution is -2.71. The van der Waals surface area contributed by atoms with Crippen LogP contribution in [0.1, 0.15) is 10.7 Å². The molecule has 0 aliphatic carbocycles. The predicted molar refractivity (Wildman–Crippen MR) is 140 cm³/mol. The number of thioether (sulfide) groups is 1. The molecular formula is C22H19ClN7O4S3+. The summed E-state index contributed by atoms with van der Waals surface area (Å²) in [5.74, 6) is -0.853. The summed E-state index contributed by atoms with van der Waals surface area (Å²) in [5, 5.41) is 18.2. The molecule has 4 N–H and O–H groups in total. The van der Waals surface area contributed by atoms with Gasteiger partial charge in [0.05, 0.1) is 16.3 Å². The normalized spacial score (nSPS) is 19.5. The minimum atomic E-state index is -0.929. The molecule has 15 heteroatoms. The molecule has 2 amide bonds. The second kappa shape index (κ2) is 10.2. The van der Waals surface area contributed by atoms with Gasteiger partial charge in [-0.2, -0.15) is 0 Å². The molecule has 5 heterocycles. The monoisotopic (exact) mass is 576 g/mol. The average Bonchev–Trinajstić information content (AvgIpc) is 3.51. The van der Waals surface area contributed by atoms with Crippen LogP contribution >= 0.6 is 46.0 Å². The van der Waals surface area contributed by atoms with E-state index >= 15 is 0 Å². The summed E-state index contributed by atoms with van der Waals surface area (Å²) >= 11 is 9.98. The maximum Gasteiger partial charge on any atom is 0.276 e. The molecule has 3 aromatic heterocycles. The van der Waals surface area contributed by atoms with Crippen LogP contribution in [0.25, 0.3) is 11.3 Å². The third kappa shape index (κ3) is 4.84. The van der Waals surface area contributed by atoms with E-state index in [1.807, 2.05) is 41.4 Å². The summed E-state index contributed by atoms with van der Waals surface area (Å²) in [6, 6.07) is 2.92. The van der Waals surface area contributed by atoms with Crippen LogP contribution < -0.4 is 15.6 Å². The van der Waals surface area contributed by atoms with Crippen molar-refractivity contribution in [1.29, 1.82) is 0 Å². The molecule has 2 aliphatic heterocycles. The molecule has 0 radical (unpaired) electrons. The average molecular weight is 577 g/mol. The second-order valence-corrected chi connectivity index (χ2v) is 11.5. The first-order valence-corrected chi connectivity index (χ1v) is 14.0. The maximum atomic E-state index is 13.0. The number of oxime groups is 1. The summed E-state index contributed by atoms with van der Waals surface area (Å²) in [6.07, 6.45) is 3.79. The summed E-state index contributed by atoms with van der Waals surface area (Å²) < 4.78 is 1.91. The van der Waals surface area contributed by atoms with E-state index in [0.717, 1.165) is 27.6 Å². The van der Waals surface area contributed by atoms with Crippen molar-refractivity contribution in [2.45, 2.75) is 24.9 Å². The molecule has 37 heavy (non-hydrogen) atoms. The number of hydrogen-bond acceptors (Lipinski definition) is 11. The second-order valence-electron chi connectivity index (χ2n) is 8.12. The zero-order valence-electron chi connectivity index (χ0n) is 19.1. The van der Waals surface area contributed by atoms with Crippen molar-refractivity contribution in [1.82, 2.24) is 20.2 Å². The number of pyridine rings is 1. The fraction of sp³-hybridized carbons (Fsp3) is 0.227. The highest BCUT2D eigenvalue weighted by Crippen LogP contribution is 2.41. The highest BCUT2D eigenvalue weighted by atomic mass is 35.5. The van der Waals surface area contributed by atoms with Crippen molar-refractivity contribution in [3.05, 3.63) is 57.3 Å². The highest BCUT2D eigenvalue weighted by molar-refractivity contribution is 8.00. The van der Waals surface area contributed by atoms with Gasteiger partial charge in [0.15, 0.2) is 29.8 Å². The fourth-order valence-corrected chi connectivity index (χ4v) is 6.82. The van der Waals surface area contributed by atoms with Crippen molar-refractivity contribution in [3.8, 4) is 11.3 Å². The molecule has 0 spiro atoms. The van der Waals surface area contributed by atoms with Crippen LogP contribution in [0.15, 0.2) is 51.7 Å². The van der Waals surface area contributed by atoms with Gasteiger partial charge in [0, 0.05) is 28.2 Å². The Morgan fingerprint density at radius 3 is 2.81 bits per heavy atom. The number of nitrogens with zero attached hydrogens (tertiary/aromatic N) is 5. The van der Waals surface area contributed by atoms with Gasteiger partial charge in [-0.25, -0.2) is 14.5 Å². The Bertz CT molecular complexity index is 1480. The number of carbonyl (C=O) groups excluding carboxylic acids is 3. The first-order valence-electron chi connectivity index (χ1n) is 10.8. The Kier molecular flexibility index (Phi) is 6.98. The number of carbonyl (C=O) groups is 3. The Morgan fingerprint density at radius 1 is 1.35 bits per heavy atom. The number of halogens is 1. The lowest BCUT2D eigenvalue weighted by Gasteiger charge is -2.49. The van der Waals surface area contributed by atoms with Crippen molar-refractivity contribution in [3.63, 3.8) is 0 Å². The molecule has 0 bridgehead atoms. The lowest BCUT2D eigenvalue weighted by atomic mass is 10.0. The van der Waals surface area contributed by atoms with Gasteiger partial charge in [0.1, 0.15) is 22.8 Å². The summed E-state index contributed by atoms with van der Waals surface area (Å²) in [4.78, 5) is 47.9. The van der Waals surface area contributed by atoms with Gasteiger partial charge in [-0.3, -0.25) is 19.3 Å². The van der Waals surface area contributed by atoms with Gasteiger partial charge in [0.2, 0.25) is 0 Å². The summed E-state index contributed by atoms with van der Waals surface area (Å²) in [5.41, 5.74) is 7.91. The quantitative estimate of drug-likeness (QED) is 0.0959. The van der Waals surface area contributed by atoms with Gasteiger partial charge in [0.25, 0.3) is 17.1 Å². The number of aromatic nitrogens is 3. The van der Waals surface area contributed by atoms with Crippen LogP contribution in [0.4, 0.5) is 5.13 Å². The molecule has 1 saturated heterocycles. The van der Waals surface area contributed by atoms with Crippen LogP contribution in [-0.4, -0.2) is 60.0 Å². The molecule has 1 fully saturated rings. The Balaban J connectivity index is 1.34. The maximum absolute atomic E-state index is 13.0. The van der Waals surface area contributed by atoms with E-state index in [1.54, 1.807) is 11.3 Å². The van der Waals surface area contributed by atoms with E-state index in [4.69, 9.17) is 17.3 Å². The third-order valence-electron chi connectivity index (χ3n) is 5.75. The number of nitrogens with one attached hydrogen (secondary N) is 1. The van der Waals surface area contributed by atoms with Crippen LogP contribution in [-0.2, 0) is 20.9 Å². The molecule has 0 aromatic carbocycles. The van der Waals surface area contributed by atoms with Crippen molar-refractivity contribution in [2.24, 2.45) is 5.16 Å². The van der Waals surface area contributed by atoms with Crippen molar-refractivity contribution < 1.29 is 24.2 Å². The van der Waals surface area contributed by atoms with Gasteiger partial charge in [-0.05, 0) is 24.6 Å². The van der Waals surface area contributed by atoms with E-state index in [9.17, 15) is 19.6 Å². The first-order chi connectivity index (χ1) is 17.8. The number of thiazole rings is 2. The number of allylic oxidation sites excluding steroid dienone is 1. The number of nitrogens with two attached hydrogens (primary N) is 1. The Labute approximate surface area is 227 Å². The smallest absolute Gasteiger partial charge is 0.276 e. The van der Waals surface area contributed by atoms with Gasteiger partial charge < -0.3 is 16.3 Å². The molecule has 2 aliphatic rings. The van der Waals surface area contributed by atoms with Crippen LogP contribution in [0.5, 0.6) is 0 Å². The van der Waals surface area contributed by atoms with E-state index < -0.39 is 28.5 Å². The van der Waals surface area contributed by atoms with E-state index in [2.05, 4.69) is 20.4 Å². The molecule has 0 unspecified atom stereocenters. The molecule has 190 valence electrons. The van der Waals surface area contributed by atoms with Crippen molar-refractivity contribution in [2.75, 3.05) is 11.5 Å². The third-order valence-corrected chi connectivity index (χ3v) is 8.71. The largest absolute Gasteiger partial charge is 0.410 e. The first kappa shape index (κ1) is 25.3. The van der Waals surface area contributed by atoms with Crippen LogP contribution in [0.3, 0.4) is 0 Å². The number of rotatable bonds is 7. The number of aryl methyl sites for hydroxylation is 1. The molecule has 3 aromatic rings. The predicted octanol–water partition coefficient (Wildman–Crippen LogP) is 1.74. The number of amides is 2. The number of hydrogen-bond donors (Lipinski definition) is 3. The lowest BCUT2D eigenvalue weighted by molar-refractivity contribution is -0.688. The van der Waals surface area contributed by atoms with Crippen LogP contribution in [0.2, 0.25) is 0 Å². The van der Waals surface area contributed by atoms with E-state index in [-0.39, 0.29) is 22.2 Å². The Morgan fingerprint density at radius 2 is 2.16 bits per heavy atom. The highest BCUT2D eigenvalue weighted by Gasteiger charge is 2.54. The zero-order chi connectivity index (χ0) is 26.3. The fourth-order valence-electron chi connectivity index (χ4n) is 4.09. The van der Waals surface area contributed by atoms with Gasteiger partial charge in [-0.1, -0.05) is 5.16 Å². The molecule has 5 rings (SSSR count). The number of β-lactam (4-membered cyclic amide) rings is 1. The molecule has 11 nitrogen and oxygen atoms in total. The minimum absolute atomic E-state index is 0.0910. The summed E-state index contributed by atoms with van der Waals surface area (Å²) in [6.45, 7) is 2.29.